The smallest absolute Gasteiger partial charge is 0.222 e. The lowest BCUT2D eigenvalue weighted by Gasteiger charge is -2.37. The van der Waals surface area contributed by atoms with Crippen LogP contribution in [0, 0.1) is 6.92 Å². The molecule has 2 aliphatic rings. The number of carbonyl (C=O) groups is 1. The van der Waals surface area contributed by atoms with E-state index in [1.165, 1.54) is 37.1 Å². The van der Waals surface area contributed by atoms with Crippen molar-refractivity contribution in [3.05, 3.63) is 29.8 Å². The topological polar surface area (TPSA) is 26.8 Å². The van der Waals surface area contributed by atoms with E-state index in [1.807, 2.05) is 0 Å². The Bertz CT molecular complexity index is 552. The molecule has 132 valence electrons. The number of carbonyl (C=O) groups excluding carboxylic acids is 1. The van der Waals surface area contributed by atoms with Gasteiger partial charge in [0.1, 0.15) is 0 Å². The molecule has 0 aromatic heterocycles. The van der Waals surface area contributed by atoms with Gasteiger partial charge in [-0.15, -0.1) is 0 Å². The lowest BCUT2D eigenvalue weighted by atomic mass is 9.98. The fourth-order valence-corrected chi connectivity index (χ4v) is 4.07. The van der Waals surface area contributed by atoms with Crippen LogP contribution in [0.25, 0.3) is 0 Å². The first-order valence-electron chi connectivity index (χ1n) is 9.44. The molecule has 0 N–H and O–H groups in total. The van der Waals surface area contributed by atoms with E-state index in [4.69, 9.17) is 0 Å². The van der Waals surface area contributed by atoms with Crippen LogP contribution in [-0.4, -0.2) is 61.5 Å². The number of hydrogen-bond acceptors (Lipinski definition) is 3. The molecule has 4 nitrogen and oxygen atoms in total. The summed E-state index contributed by atoms with van der Waals surface area (Å²) in [4.78, 5) is 19.5. The standard InChI is InChI=1S/C20H31N3O/c1-17-7-3-4-9-19(17)22-13-15-23(16-14-22)20(24)11-10-18-8-5-6-12-21(18)2/h3-4,7,9,18H,5-6,8,10-16H2,1-2H3/t18-/m0/s1. The minimum absolute atomic E-state index is 0.346. The summed E-state index contributed by atoms with van der Waals surface area (Å²) in [5.74, 6) is 0.346. The van der Waals surface area contributed by atoms with Crippen molar-refractivity contribution in [1.29, 1.82) is 0 Å². The quantitative estimate of drug-likeness (QED) is 0.850. The Hall–Kier alpha value is -1.55. The normalized spacial score (nSPS) is 22.7. The van der Waals surface area contributed by atoms with Gasteiger partial charge in [0.05, 0.1) is 0 Å². The number of piperazine rings is 1. The Morgan fingerprint density at radius 2 is 1.83 bits per heavy atom. The Morgan fingerprint density at radius 3 is 2.54 bits per heavy atom. The van der Waals surface area contributed by atoms with Gasteiger partial charge < -0.3 is 14.7 Å². The largest absolute Gasteiger partial charge is 0.368 e. The lowest BCUT2D eigenvalue weighted by Crippen LogP contribution is -2.49. The molecular weight excluding hydrogens is 298 g/mol. The van der Waals surface area contributed by atoms with Crippen LogP contribution in [0.15, 0.2) is 24.3 Å². The van der Waals surface area contributed by atoms with Crippen molar-refractivity contribution in [3.8, 4) is 0 Å². The maximum Gasteiger partial charge on any atom is 0.222 e. The fourth-order valence-electron chi connectivity index (χ4n) is 4.07. The predicted molar refractivity (Wildman–Crippen MR) is 99.5 cm³/mol. The van der Waals surface area contributed by atoms with Crippen LogP contribution in [0.2, 0.25) is 0 Å². The SMILES string of the molecule is Cc1ccccc1N1CCN(C(=O)CC[C@@H]2CCCCN2C)CC1. The molecule has 0 spiro atoms. The summed E-state index contributed by atoms with van der Waals surface area (Å²) in [5.41, 5.74) is 2.63. The number of benzene rings is 1. The highest BCUT2D eigenvalue weighted by Gasteiger charge is 2.24. The summed E-state index contributed by atoms with van der Waals surface area (Å²) < 4.78 is 0. The van der Waals surface area contributed by atoms with Crippen molar-refractivity contribution in [3.63, 3.8) is 0 Å². The first-order valence-corrected chi connectivity index (χ1v) is 9.44. The van der Waals surface area contributed by atoms with Crippen molar-refractivity contribution in [2.24, 2.45) is 0 Å². The van der Waals surface area contributed by atoms with E-state index in [2.05, 4.69) is 52.9 Å². The van der Waals surface area contributed by atoms with Crippen LogP contribution in [0.5, 0.6) is 0 Å². The number of likely N-dealkylation sites (tertiary alicyclic amines) is 1. The van der Waals surface area contributed by atoms with E-state index < -0.39 is 0 Å². The third-order valence-corrected chi connectivity index (χ3v) is 5.70. The average molecular weight is 329 g/mol. The van der Waals surface area contributed by atoms with E-state index in [-0.39, 0.29) is 0 Å². The maximum atomic E-state index is 12.5. The predicted octanol–water partition coefficient (Wildman–Crippen LogP) is 2.91. The number of para-hydroxylation sites is 1. The summed E-state index contributed by atoms with van der Waals surface area (Å²) in [6.07, 6.45) is 5.61. The fraction of sp³-hybridized carbons (Fsp3) is 0.650. The zero-order chi connectivity index (χ0) is 16.9. The molecule has 0 bridgehead atoms. The van der Waals surface area contributed by atoms with Gasteiger partial charge in [-0.3, -0.25) is 4.79 Å². The number of hydrogen-bond donors (Lipinski definition) is 0. The minimum Gasteiger partial charge on any atom is -0.368 e. The monoisotopic (exact) mass is 329 g/mol. The highest BCUT2D eigenvalue weighted by atomic mass is 16.2. The zero-order valence-electron chi connectivity index (χ0n) is 15.2. The van der Waals surface area contributed by atoms with Gasteiger partial charge in [-0.05, 0) is 51.4 Å². The molecule has 2 saturated heterocycles. The molecule has 0 aliphatic carbocycles. The van der Waals surface area contributed by atoms with Gasteiger partial charge in [0.15, 0.2) is 0 Å². The molecule has 2 heterocycles. The highest BCUT2D eigenvalue weighted by Crippen LogP contribution is 2.22. The van der Waals surface area contributed by atoms with Crippen molar-refractivity contribution in [2.75, 3.05) is 44.7 Å². The Morgan fingerprint density at radius 1 is 1.08 bits per heavy atom. The van der Waals surface area contributed by atoms with Crippen molar-refractivity contribution >= 4 is 11.6 Å². The second kappa shape index (κ2) is 8.02. The Kier molecular flexibility index (Phi) is 5.77. The van der Waals surface area contributed by atoms with E-state index in [9.17, 15) is 4.79 Å². The molecule has 3 rings (SSSR count). The minimum atomic E-state index is 0.346. The number of nitrogens with zero attached hydrogens (tertiary/aromatic N) is 3. The molecular formula is C20H31N3O. The summed E-state index contributed by atoms with van der Waals surface area (Å²) >= 11 is 0. The molecule has 1 amide bonds. The highest BCUT2D eigenvalue weighted by molar-refractivity contribution is 5.76. The third-order valence-electron chi connectivity index (χ3n) is 5.70. The molecule has 1 atom stereocenters. The Labute approximate surface area is 146 Å². The first-order chi connectivity index (χ1) is 11.6. The molecule has 1 aromatic rings. The molecule has 2 aliphatic heterocycles. The second-order valence-electron chi connectivity index (χ2n) is 7.32. The van der Waals surface area contributed by atoms with Gasteiger partial charge in [0, 0.05) is 44.3 Å². The van der Waals surface area contributed by atoms with Gasteiger partial charge >= 0.3 is 0 Å². The molecule has 0 radical (unpaired) electrons. The van der Waals surface area contributed by atoms with E-state index in [1.54, 1.807) is 0 Å². The van der Waals surface area contributed by atoms with Crippen molar-refractivity contribution in [1.82, 2.24) is 9.80 Å². The van der Waals surface area contributed by atoms with Crippen LogP contribution < -0.4 is 4.90 Å². The Balaban J connectivity index is 1.46. The molecule has 4 heteroatoms. The van der Waals surface area contributed by atoms with Gasteiger partial charge in [0.25, 0.3) is 0 Å². The van der Waals surface area contributed by atoms with Crippen molar-refractivity contribution in [2.45, 2.75) is 45.1 Å². The van der Waals surface area contributed by atoms with Crippen LogP contribution in [0.1, 0.15) is 37.7 Å². The van der Waals surface area contributed by atoms with Gasteiger partial charge in [-0.2, -0.15) is 0 Å². The summed E-state index contributed by atoms with van der Waals surface area (Å²) in [5, 5.41) is 0. The average Bonchev–Trinajstić information content (AvgIpc) is 2.61. The molecule has 1 aromatic carbocycles. The molecule has 0 unspecified atom stereocenters. The number of anilines is 1. The van der Waals surface area contributed by atoms with Crippen LogP contribution in [-0.2, 0) is 4.79 Å². The number of rotatable bonds is 4. The number of piperidine rings is 1. The zero-order valence-corrected chi connectivity index (χ0v) is 15.2. The van der Waals surface area contributed by atoms with Crippen LogP contribution in [0.4, 0.5) is 5.69 Å². The maximum absolute atomic E-state index is 12.5. The summed E-state index contributed by atoms with van der Waals surface area (Å²) in [6, 6.07) is 9.14. The summed E-state index contributed by atoms with van der Waals surface area (Å²) in [6.45, 7) is 6.95. The van der Waals surface area contributed by atoms with E-state index >= 15 is 0 Å². The second-order valence-corrected chi connectivity index (χ2v) is 7.32. The summed E-state index contributed by atoms with van der Waals surface area (Å²) in [7, 11) is 2.20. The number of aryl methyl sites for hydroxylation is 1. The van der Waals surface area contributed by atoms with E-state index in [0.29, 0.717) is 18.4 Å². The van der Waals surface area contributed by atoms with Gasteiger partial charge in [-0.25, -0.2) is 0 Å². The van der Waals surface area contributed by atoms with Crippen LogP contribution in [0.3, 0.4) is 0 Å². The van der Waals surface area contributed by atoms with Crippen molar-refractivity contribution < 1.29 is 4.79 Å². The van der Waals surface area contributed by atoms with E-state index in [0.717, 1.165) is 32.6 Å². The third kappa shape index (κ3) is 4.10. The molecule has 2 fully saturated rings. The number of amides is 1. The van der Waals surface area contributed by atoms with Gasteiger partial charge in [0.2, 0.25) is 5.91 Å². The van der Waals surface area contributed by atoms with Crippen LogP contribution >= 0.6 is 0 Å². The molecule has 0 saturated carbocycles. The van der Waals surface area contributed by atoms with Gasteiger partial charge in [-0.1, -0.05) is 24.6 Å². The first kappa shape index (κ1) is 17.3. The molecule has 24 heavy (non-hydrogen) atoms. The lowest BCUT2D eigenvalue weighted by molar-refractivity contribution is -0.131.